The summed E-state index contributed by atoms with van der Waals surface area (Å²) in [7, 11) is 0. The first kappa shape index (κ1) is 14.9. The van der Waals surface area contributed by atoms with Crippen molar-refractivity contribution in [1.82, 2.24) is 9.55 Å². The first-order valence-corrected chi connectivity index (χ1v) is 8.87. The highest BCUT2D eigenvalue weighted by Gasteiger charge is 2.13. The Morgan fingerprint density at radius 3 is 2.31 bits per heavy atom. The maximum absolute atomic E-state index is 4.92. The van der Waals surface area contributed by atoms with Gasteiger partial charge in [-0.15, -0.1) is 0 Å². The number of benzene rings is 4. The molecule has 0 bridgehead atoms. The van der Waals surface area contributed by atoms with E-state index < -0.39 is 0 Å². The molecule has 1 heterocycles. The molecule has 26 heavy (non-hydrogen) atoms. The van der Waals surface area contributed by atoms with Crippen LogP contribution in [0.5, 0.6) is 0 Å². The molecule has 0 fully saturated rings. The number of hydrogen-bond acceptors (Lipinski definition) is 1. The van der Waals surface area contributed by atoms with Gasteiger partial charge in [0.25, 0.3) is 0 Å². The largest absolute Gasteiger partial charge is 0.319 e. The number of imidazole rings is 1. The normalized spacial score (nSPS) is 11.2. The fourth-order valence-corrected chi connectivity index (χ4v) is 3.64. The van der Waals surface area contributed by atoms with Gasteiger partial charge in [-0.2, -0.15) is 0 Å². The summed E-state index contributed by atoms with van der Waals surface area (Å²) in [5.41, 5.74) is 4.65. The summed E-state index contributed by atoms with van der Waals surface area (Å²) in [5.74, 6) is 1.01. The lowest BCUT2D eigenvalue weighted by atomic mass is 10.0. The van der Waals surface area contributed by atoms with E-state index in [9.17, 15) is 0 Å². The molecule has 0 aliphatic heterocycles. The van der Waals surface area contributed by atoms with Crippen LogP contribution in [0.4, 0.5) is 0 Å². The van der Waals surface area contributed by atoms with Gasteiger partial charge in [-0.3, -0.25) is 0 Å². The van der Waals surface area contributed by atoms with Crippen molar-refractivity contribution in [3.05, 3.63) is 103 Å². The van der Waals surface area contributed by atoms with E-state index in [1.54, 1.807) is 0 Å². The molecule has 1 aromatic heterocycles. The molecule has 0 saturated heterocycles. The minimum atomic E-state index is 0.798. The third-order valence-corrected chi connectivity index (χ3v) is 4.89. The van der Waals surface area contributed by atoms with Gasteiger partial charge in [-0.1, -0.05) is 84.9 Å². The van der Waals surface area contributed by atoms with E-state index in [0.29, 0.717) is 0 Å². The molecule has 5 rings (SSSR count). The molecule has 0 N–H and O–H groups in total. The van der Waals surface area contributed by atoms with Crippen molar-refractivity contribution in [2.24, 2.45) is 0 Å². The van der Waals surface area contributed by atoms with E-state index in [4.69, 9.17) is 4.98 Å². The first-order chi connectivity index (χ1) is 12.9. The standard InChI is InChI=1S/C24H18N2/c1-2-10-19(11-3-1)24-25-22-15-6-7-16-23(22)26(24)17-20-13-8-12-18-9-4-5-14-21(18)20/h1-16H,17H2. The summed E-state index contributed by atoms with van der Waals surface area (Å²) in [6.45, 7) is 0.798. The molecule has 0 atom stereocenters. The van der Waals surface area contributed by atoms with Gasteiger partial charge in [0.1, 0.15) is 5.82 Å². The van der Waals surface area contributed by atoms with Crippen LogP contribution in [-0.4, -0.2) is 9.55 Å². The molecule has 124 valence electrons. The van der Waals surface area contributed by atoms with Crippen molar-refractivity contribution in [1.29, 1.82) is 0 Å². The second-order valence-electron chi connectivity index (χ2n) is 6.51. The van der Waals surface area contributed by atoms with Gasteiger partial charge < -0.3 is 4.57 Å². The lowest BCUT2D eigenvalue weighted by molar-refractivity contribution is 0.840. The predicted molar refractivity (Wildman–Crippen MR) is 108 cm³/mol. The number of fused-ring (bicyclic) bond motifs is 2. The molecule has 2 nitrogen and oxygen atoms in total. The molecule has 0 radical (unpaired) electrons. The van der Waals surface area contributed by atoms with Crippen LogP contribution in [0.2, 0.25) is 0 Å². The maximum Gasteiger partial charge on any atom is 0.141 e. The van der Waals surface area contributed by atoms with Gasteiger partial charge in [0, 0.05) is 5.56 Å². The summed E-state index contributed by atoms with van der Waals surface area (Å²) in [5, 5.41) is 2.57. The van der Waals surface area contributed by atoms with Crippen LogP contribution < -0.4 is 0 Å². The number of hydrogen-bond donors (Lipinski definition) is 0. The van der Waals surface area contributed by atoms with Crippen molar-refractivity contribution >= 4 is 21.8 Å². The summed E-state index contributed by atoms with van der Waals surface area (Å²) in [6.07, 6.45) is 0. The van der Waals surface area contributed by atoms with Gasteiger partial charge in [-0.25, -0.2) is 4.98 Å². The summed E-state index contributed by atoms with van der Waals surface area (Å²) in [6, 6.07) is 33.9. The number of nitrogens with zero attached hydrogens (tertiary/aromatic N) is 2. The van der Waals surface area contributed by atoms with Crippen molar-refractivity contribution in [2.45, 2.75) is 6.54 Å². The predicted octanol–water partition coefficient (Wildman–Crippen LogP) is 5.90. The Kier molecular flexibility index (Phi) is 3.53. The Morgan fingerprint density at radius 2 is 1.38 bits per heavy atom. The minimum absolute atomic E-state index is 0.798. The van der Waals surface area contributed by atoms with Crippen molar-refractivity contribution in [3.63, 3.8) is 0 Å². The second-order valence-corrected chi connectivity index (χ2v) is 6.51. The van der Waals surface area contributed by atoms with Crippen LogP contribution in [0.3, 0.4) is 0 Å². The summed E-state index contributed by atoms with van der Waals surface area (Å²) >= 11 is 0. The zero-order chi connectivity index (χ0) is 17.3. The summed E-state index contributed by atoms with van der Waals surface area (Å²) < 4.78 is 2.33. The molecule has 0 saturated carbocycles. The van der Waals surface area contributed by atoms with E-state index in [2.05, 4.69) is 89.5 Å². The van der Waals surface area contributed by atoms with Gasteiger partial charge in [0.2, 0.25) is 0 Å². The van der Waals surface area contributed by atoms with E-state index >= 15 is 0 Å². The smallest absolute Gasteiger partial charge is 0.141 e. The number of rotatable bonds is 3. The molecule has 0 unspecified atom stereocenters. The Bertz CT molecular complexity index is 1200. The Morgan fingerprint density at radius 1 is 0.654 bits per heavy atom. The molecule has 0 spiro atoms. The number of aromatic nitrogens is 2. The summed E-state index contributed by atoms with van der Waals surface area (Å²) in [4.78, 5) is 4.92. The Balaban J connectivity index is 1.73. The van der Waals surface area contributed by atoms with E-state index in [1.807, 2.05) is 12.1 Å². The van der Waals surface area contributed by atoms with E-state index in [-0.39, 0.29) is 0 Å². The van der Waals surface area contributed by atoms with Crippen molar-refractivity contribution < 1.29 is 0 Å². The fraction of sp³-hybridized carbons (Fsp3) is 0.0417. The third-order valence-electron chi connectivity index (χ3n) is 4.89. The van der Waals surface area contributed by atoms with Crippen LogP contribution in [0.15, 0.2) is 97.1 Å². The van der Waals surface area contributed by atoms with Gasteiger partial charge in [0.05, 0.1) is 17.6 Å². The average molecular weight is 334 g/mol. The van der Waals surface area contributed by atoms with Crippen LogP contribution in [-0.2, 0) is 6.54 Å². The van der Waals surface area contributed by atoms with Crippen LogP contribution in [0, 0.1) is 0 Å². The fourth-order valence-electron chi connectivity index (χ4n) is 3.64. The van der Waals surface area contributed by atoms with E-state index in [1.165, 1.54) is 21.9 Å². The molecule has 0 amide bonds. The molecular weight excluding hydrogens is 316 g/mol. The lowest BCUT2D eigenvalue weighted by Crippen LogP contribution is -2.02. The van der Waals surface area contributed by atoms with Gasteiger partial charge in [0.15, 0.2) is 0 Å². The first-order valence-electron chi connectivity index (χ1n) is 8.87. The SMILES string of the molecule is c1ccc(-c2nc3ccccc3n2Cc2cccc3ccccc23)cc1. The highest BCUT2D eigenvalue weighted by molar-refractivity contribution is 5.86. The molecule has 5 aromatic rings. The van der Waals surface area contributed by atoms with Gasteiger partial charge in [-0.05, 0) is 28.5 Å². The monoisotopic (exact) mass is 334 g/mol. The zero-order valence-electron chi connectivity index (χ0n) is 14.3. The number of para-hydroxylation sites is 2. The molecule has 4 aromatic carbocycles. The molecule has 2 heteroatoms. The molecule has 0 aliphatic carbocycles. The van der Waals surface area contributed by atoms with Crippen LogP contribution in [0.25, 0.3) is 33.2 Å². The van der Waals surface area contributed by atoms with Crippen molar-refractivity contribution in [3.8, 4) is 11.4 Å². The van der Waals surface area contributed by atoms with Crippen LogP contribution in [0.1, 0.15) is 5.56 Å². The van der Waals surface area contributed by atoms with E-state index in [0.717, 1.165) is 23.4 Å². The topological polar surface area (TPSA) is 17.8 Å². The molecular formula is C24H18N2. The Labute approximate surface area is 152 Å². The lowest BCUT2D eigenvalue weighted by Gasteiger charge is -2.12. The quantitative estimate of drug-likeness (QED) is 0.401. The maximum atomic E-state index is 4.92. The zero-order valence-corrected chi connectivity index (χ0v) is 14.3. The van der Waals surface area contributed by atoms with Crippen LogP contribution >= 0.6 is 0 Å². The van der Waals surface area contributed by atoms with Gasteiger partial charge >= 0.3 is 0 Å². The average Bonchev–Trinajstić information content (AvgIpc) is 3.08. The highest BCUT2D eigenvalue weighted by Crippen LogP contribution is 2.27. The van der Waals surface area contributed by atoms with Crippen molar-refractivity contribution in [2.75, 3.05) is 0 Å². The Hall–Kier alpha value is -3.39. The third kappa shape index (κ3) is 2.47. The second kappa shape index (κ2) is 6.16. The highest BCUT2D eigenvalue weighted by atomic mass is 15.1. The molecule has 0 aliphatic rings. The minimum Gasteiger partial charge on any atom is -0.319 e.